The molecule has 1 amide bonds. The number of nitrogen functional groups attached to an aromatic ring is 1. The molecule has 5 N–H and O–H groups in total. The molecule has 0 aliphatic heterocycles. The molecule has 8 heteroatoms. The molecule has 0 fully saturated rings. The average molecular weight is 270 g/mol. The van der Waals surface area contributed by atoms with Gasteiger partial charge < -0.3 is 16.2 Å². The molecule has 0 unspecified atom stereocenters. The first-order chi connectivity index (χ1) is 8.93. The molecule has 1 aromatic heterocycles. The van der Waals surface area contributed by atoms with Gasteiger partial charge in [0.2, 0.25) is 0 Å². The van der Waals surface area contributed by atoms with Crippen molar-refractivity contribution in [1.29, 1.82) is 0 Å². The summed E-state index contributed by atoms with van der Waals surface area (Å²) in [4.78, 5) is 11.7. The number of H-pyrrole nitrogens is 1. The number of rotatable bonds is 4. The number of nitrogens with zero attached hydrogens (tertiary/aromatic N) is 1. The molecular formula is C11H12F2N4O2. The fourth-order valence-corrected chi connectivity index (χ4v) is 1.55. The first kappa shape index (κ1) is 13.2. The Bertz CT molecular complexity index is 612. The Morgan fingerprint density at radius 1 is 1.53 bits per heavy atom. The van der Waals surface area contributed by atoms with Crippen molar-refractivity contribution in [1.82, 2.24) is 15.5 Å². The standard InChI is InChI=1S/C11H12F2N4O2/c12-11(13,5-18)4-15-10(19)9-7-3-6(14)1-2-8(7)16-17-9/h1-3,18H,4-5,14H2,(H,15,19)(H,16,17). The lowest BCUT2D eigenvalue weighted by molar-refractivity contribution is -0.0462. The minimum atomic E-state index is -3.36. The van der Waals surface area contributed by atoms with Crippen molar-refractivity contribution < 1.29 is 18.7 Å². The Kier molecular flexibility index (Phi) is 3.34. The van der Waals surface area contributed by atoms with Crippen molar-refractivity contribution in [2.45, 2.75) is 5.92 Å². The summed E-state index contributed by atoms with van der Waals surface area (Å²) in [6.45, 7) is -2.29. The predicted octanol–water partition coefficient (Wildman–Crippen LogP) is 0.503. The van der Waals surface area contributed by atoms with E-state index in [9.17, 15) is 13.6 Å². The summed E-state index contributed by atoms with van der Waals surface area (Å²) in [6.07, 6.45) is 0. The number of amides is 1. The maximum atomic E-state index is 12.8. The molecule has 102 valence electrons. The van der Waals surface area contributed by atoms with Crippen LogP contribution in [0.25, 0.3) is 10.9 Å². The Labute approximate surface area is 106 Å². The van der Waals surface area contributed by atoms with E-state index < -0.39 is 25.0 Å². The van der Waals surface area contributed by atoms with Gasteiger partial charge in [-0.3, -0.25) is 9.89 Å². The normalized spacial score (nSPS) is 11.7. The zero-order chi connectivity index (χ0) is 14.0. The van der Waals surface area contributed by atoms with Gasteiger partial charge >= 0.3 is 0 Å². The van der Waals surface area contributed by atoms with E-state index in [4.69, 9.17) is 10.8 Å². The molecule has 6 nitrogen and oxygen atoms in total. The van der Waals surface area contributed by atoms with Crippen LogP contribution in [0.5, 0.6) is 0 Å². The van der Waals surface area contributed by atoms with Crippen LogP contribution in [-0.4, -0.2) is 40.3 Å². The summed E-state index contributed by atoms with van der Waals surface area (Å²) in [5, 5.41) is 17.2. The number of aliphatic hydroxyl groups is 1. The van der Waals surface area contributed by atoms with E-state index in [1.54, 1.807) is 12.1 Å². The number of carbonyl (C=O) groups is 1. The summed E-state index contributed by atoms with van der Waals surface area (Å²) in [6, 6.07) is 4.79. The molecule has 2 aromatic rings. The number of aromatic nitrogens is 2. The van der Waals surface area contributed by atoms with Crippen LogP contribution in [0.1, 0.15) is 10.5 Å². The van der Waals surface area contributed by atoms with Crippen molar-refractivity contribution in [3.63, 3.8) is 0 Å². The number of carbonyl (C=O) groups excluding carboxylic acids is 1. The lowest BCUT2D eigenvalue weighted by atomic mass is 10.2. The van der Waals surface area contributed by atoms with Crippen LogP contribution in [0, 0.1) is 0 Å². The van der Waals surface area contributed by atoms with Crippen LogP contribution >= 0.6 is 0 Å². The van der Waals surface area contributed by atoms with Gasteiger partial charge in [0.05, 0.1) is 12.1 Å². The third-order valence-electron chi connectivity index (χ3n) is 2.54. The number of benzene rings is 1. The van der Waals surface area contributed by atoms with Crippen LogP contribution in [0.2, 0.25) is 0 Å². The lowest BCUT2D eigenvalue weighted by Gasteiger charge is -2.13. The molecule has 19 heavy (non-hydrogen) atoms. The van der Waals surface area contributed by atoms with Crippen LogP contribution in [-0.2, 0) is 0 Å². The first-order valence-corrected chi connectivity index (χ1v) is 5.43. The number of hydrogen-bond donors (Lipinski definition) is 4. The maximum Gasteiger partial charge on any atom is 0.287 e. The van der Waals surface area contributed by atoms with Crippen LogP contribution in [0.15, 0.2) is 18.2 Å². The van der Waals surface area contributed by atoms with E-state index in [2.05, 4.69) is 10.2 Å². The number of aromatic amines is 1. The van der Waals surface area contributed by atoms with Crippen molar-refractivity contribution in [2.75, 3.05) is 18.9 Å². The SMILES string of the molecule is Nc1ccc2[nH]nc(C(=O)NCC(F)(F)CO)c2c1. The number of halogens is 2. The van der Waals surface area contributed by atoms with Crippen molar-refractivity contribution in [3.8, 4) is 0 Å². The molecule has 0 atom stereocenters. The minimum absolute atomic E-state index is 0.0176. The number of anilines is 1. The number of nitrogens with one attached hydrogen (secondary N) is 2. The molecule has 0 aliphatic rings. The lowest BCUT2D eigenvalue weighted by Crippen LogP contribution is -2.39. The zero-order valence-corrected chi connectivity index (χ0v) is 9.78. The fourth-order valence-electron chi connectivity index (χ4n) is 1.55. The number of hydrogen-bond acceptors (Lipinski definition) is 4. The van der Waals surface area contributed by atoms with Crippen LogP contribution in [0.3, 0.4) is 0 Å². The largest absolute Gasteiger partial charge is 0.399 e. The minimum Gasteiger partial charge on any atom is -0.399 e. The predicted molar refractivity (Wildman–Crippen MR) is 64.9 cm³/mol. The highest BCUT2D eigenvalue weighted by molar-refractivity contribution is 6.05. The Balaban J connectivity index is 2.20. The topological polar surface area (TPSA) is 104 Å². The van der Waals surface area contributed by atoms with E-state index in [1.807, 2.05) is 5.32 Å². The molecule has 0 saturated carbocycles. The highest BCUT2D eigenvalue weighted by Gasteiger charge is 2.29. The molecule has 0 saturated heterocycles. The van der Waals surface area contributed by atoms with Gasteiger partial charge in [0, 0.05) is 11.1 Å². The molecule has 0 bridgehead atoms. The van der Waals surface area contributed by atoms with Gasteiger partial charge in [-0.2, -0.15) is 5.10 Å². The Morgan fingerprint density at radius 2 is 2.26 bits per heavy atom. The van der Waals surface area contributed by atoms with Gasteiger partial charge in [-0.25, -0.2) is 8.78 Å². The number of aliphatic hydroxyl groups excluding tert-OH is 1. The van der Waals surface area contributed by atoms with Gasteiger partial charge in [0.1, 0.15) is 6.61 Å². The van der Waals surface area contributed by atoms with E-state index in [-0.39, 0.29) is 5.69 Å². The summed E-state index contributed by atoms with van der Waals surface area (Å²) in [7, 11) is 0. The quantitative estimate of drug-likeness (QED) is 0.607. The maximum absolute atomic E-state index is 12.8. The van der Waals surface area contributed by atoms with Crippen LogP contribution in [0.4, 0.5) is 14.5 Å². The second-order valence-corrected chi connectivity index (χ2v) is 4.07. The highest BCUT2D eigenvalue weighted by Crippen LogP contribution is 2.19. The summed E-state index contributed by atoms with van der Waals surface area (Å²) < 4.78 is 25.6. The monoisotopic (exact) mass is 270 g/mol. The number of alkyl halides is 2. The van der Waals surface area contributed by atoms with Gasteiger partial charge in [-0.1, -0.05) is 0 Å². The van der Waals surface area contributed by atoms with Crippen molar-refractivity contribution in [2.24, 2.45) is 0 Å². The average Bonchev–Trinajstić information content (AvgIpc) is 2.79. The number of fused-ring (bicyclic) bond motifs is 1. The van der Waals surface area contributed by atoms with Crippen molar-refractivity contribution >= 4 is 22.5 Å². The molecule has 1 aromatic carbocycles. The van der Waals surface area contributed by atoms with E-state index >= 15 is 0 Å². The summed E-state index contributed by atoms with van der Waals surface area (Å²) in [5.41, 5.74) is 6.58. The second-order valence-electron chi connectivity index (χ2n) is 4.07. The van der Waals surface area contributed by atoms with E-state index in [1.165, 1.54) is 6.07 Å². The molecule has 0 spiro atoms. The smallest absolute Gasteiger partial charge is 0.287 e. The summed E-state index contributed by atoms with van der Waals surface area (Å²) in [5.74, 6) is -4.12. The van der Waals surface area contributed by atoms with E-state index in [0.717, 1.165) is 0 Å². The van der Waals surface area contributed by atoms with Gasteiger partial charge in [-0.15, -0.1) is 0 Å². The number of nitrogens with two attached hydrogens (primary N) is 1. The molecule has 2 rings (SSSR count). The Morgan fingerprint density at radius 3 is 2.95 bits per heavy atom. The summed E-state index contributed by atoms with van der Waals surface area (Å²) >= 11 is 0. The molecule has 1 heterocycles. The zero-order valence-electron chi connectivity index (χ0n) is 9.78. The highest BCUT2D eigenvalue weighted by atomic mass is 19.3. The van der Waals surface area contributed by atoms with Gasteiger partial charge in [0.15, 0.2) is 5.69 Å². The molecule has 0 aliphatic carbocycles. The molecular weight excluding hydrogens is 258 g/mol. The van der Waals surface area contributed by atoms with Gasteiger partial charge in [0.25, 0.3) is 11.8 Å². The van der Waals surface area contributed by atoms with Gasteiger partial charge in [-0.05, 0) is 18.2 Å². The third-order valence-corrected chi connectivity index (χ3v) is 2.54. The fraction of sp³-hybridized carbons (Fsp3) is 0.273. The first-order valence-electron chi connectivity index (χ1n) is 5.43. The molecule has 0 radical (unpaired) electrons. The Hall–Kier alpha value is -2.22. The third kappa shape index (κ3) is 2.79. The van der Waals surface area contributed by atoms with Crippen molar-refractivity contribution in [3.05, 3.63) is 23.9 Å². The van der Waals surface area contributed by atoms with E-state index in [0.29, 0.717) is 16.6 Å². The second kappa shape index (κ2) is 4.81. The van der Waals surface area contributed by atoms with Crippen LogP contribution < -0.4 is 11.1 Å².